The van der Waals surface area contributed by atoms with E-state index >= 15 is 0 Å². The molecule has 4 nitrogen and oxygen atoms in total. The Kier molecular flexibility index (Phi) is 30.1. The summed E-state index contributed by atoms with van der Waals surface area (Å²) in [5.41, 5.74) is 0. The molecule has 0 aromatic rings. The monoisotopic (exact) mass is 567 g/mol. The van der Waals surface area contributed by atoms with E-state index in [-0.39, 0.29) is 17.9 Å². The Morgan fingerprint density at radius 3 is 1.30 bits per heavy atom. The molecule has 0 bridgehead atoms. The summed E-state index contributed by atoms with van der Waals surface area (Å²) in [5, 5.41) is 0. The Morgan fingerprint density at radius 2 is 0.850 bits per heavy atom. The zero-order valence-electron chi connectivity index (χ0n) is 27.6. The van der Waals surface area contributed by atoms with E-state index in [4.69, 9.17) is 9.47 Å². The van der Waals surface area contributed by atoms with E-state index in [1.807, 2.05) is 0 Å². The molecule has 4 heteroatoms. The molecule has 0 amide bonds. The van der Waals surface area contributed by atoms with Crippen molar-refractivity contribution >= 4 is 11.9 Å². The minimum Gasteiger partial charge on any atom is -0.466 e. The van der Waals surface area contributed by atoms with Crippen LogP contribution in [0.25, 0.3) is 0 Å². The topological polar surface area (TPSA) is 52.6 Å². The van der Waals surface area contributed by atoms with E-state index in [1.54, 1.807) is 0 Å². The molecule has 1 unspecified atom stereocenters. The summed E-state index contributed by atoms with van der Waals surface area (Å²) in [6, 6.07) is 0. The van der Waals surface area contributed by atoms with Gasteiger partial charge in [-0.3, -0.25) is 9.59 Å². The van der Waals surface area contributed by atoms with Gasteiger partial charge in [0.25, 0.3) is 0 Å². The van der Waals surface area contributed by atoms with Crippen LogP contribution >= 0.6 is 0 Å². The molecule has 40 heavy (non-hydrogen) atoms. The number of carbonyl (C=O) groups excluding carboxylic acids is 2. The summed E-state index contributed by atoms with van der Waals surface area (Å²) in [4.78, 5) is 24.3. The number of carbonyl (C=O) groups is 2. The quantitative estimate of drug-likeness (QED) is 0.0618. The van der Waals surface area contributed by atoms with Crippen LogP contribution in [0.4, 0.5) is 0 Å². The van der Waals surface area contributed by atoms with Gasteiger partial charge in [-0.15, -0.1) is 0 Å². The summed E-state index contributed by atoms with van der Waals surface area (Å²) < 4.78 is 10.9. The first-order chi connectivity index (χ1) is 19.5. The highest BCUT2D eigenvalue weighted by Crippen LogP contribution is 2.22. The van der Waals surface area contributed by atoms with Crippen LogP contribution < -0.4 is 0 Å². The second-order valence-corrected chi connectivity index (χ2v) is 12.6. The number of ether oxygens (including phenoxy) is 2. The SMILES string of the molecule is CCCCCCCOC(=O)CCCCCCCCCCCCCCCCC(C(=O)OCCCCCCC)C(C)C. The summed E-state index contributed by atoms with van der Waals surface area (Å²) in [6.07, 6.45) is 31.4. The van der Waals surface area contributed by atoms with Crippen molar-refractivity contribution < 1.29 is 19.1 Å². The Morgan fingerprint density at radius 1 is 0.475 bits per heavy atom. The van der Waals surface area contributed by atoms with E-state index in [0.29, 0.717) is 25.6 Å². The lowest BCUT2D eigenvalue weighted by atomic mass is 9.90. The molecule has 0 aromatic carbocycles. The fourth-order valence-corrected chi connectivity index (χ4v) is 5.43. The lowest BCUT2D eigenvalue weighted by molar-refractivity contribution is -0.150. The Labute approximate surface area is 250 Å². The molecule has 0 saturated heterocycles. The molecule has 0 aromatic heterocycles. The van der Waals surface area contributed by atoms with Crippen LogP contribution in [0.3, 0.4) is 0 Å². The lowest BCUT2D eigenvalue weighted by Gasteiger charge is -2.19. The molecule has 0 spiro atoms. The van der Waals surface area contributed by atoms with Crippen molar-refractivity contribution in [1.82, 2.24) is 0 Å². The van der Waals surface area contributed by atoms with E-state index < -0.39 is 0 Å². The third kappa shape index (κ3) is 27.1. The van der Waals surface area contributed by atoms with Gasteiger partial charge in [-0.2, -0.15) is 0 Å². The van der Waals surface area contributed by atoms with Gasteiger partial charge in [-0.05, 0) is 31.6 Å². The average Bonchev–Trinajstić information content (AvgIpc) is 2.93. The number of hydrogen-bond donors (Lipinski definition) is 0. The summed E-state index contributed by atoms with van der Waals surface area (Å²) in [6.45, 7) is 9.96. The van der Waals surface area contributed by atoms with E-state index in [1.165, 1.54) is 122 Å². The fraction of sp³-hybridized carbons (Fsp3) is 0.944. The second kappa shape index (κ2) is 30.9. The van der Waals surface area contributed by atoms with Crippen LogP contribution in [0, 0.1) is 11.8 Å². The third-order valence-electron chi connectivity index (χ3n) is 8.26. The van der Waals surface area contributed by atoms with Crippen molar-refractivity contribution in [1.29, 1.82) is 0 Å². The predicted octanol–water partition coefficient (Wildman–Crippen LogP) is 11.5. The molecular formula is C36H70O4. The van der Waals surface area contributed by atoms with Crippen molar-refractivity contribution in [3.63, 3.8) is 0 Å². The highest BCUT2D eigenvalue weighted by atomic mass is 16.5. The van der Waals surface area contributed by atoms with E-state index in [2.05, 4.69) is 27.7 Å². The molecule has 0 aliphatic carbocycles. The van der Waals surface area contributed by atoms with Gasteiger partial charge in [0, 0.05) is 6.42 Å². The molecule has 0 aliphatic rings. The molecule has 0 saturated carbocycles. The van der Waals surface area contributed by atoms with Crippen LogP contribution in [0.2, 0.25) is 0 Å². The van der Waals surface area contributed by atoms with E-state index in [0.717, 1.165) is 38.5 Å². The standard InChI is InChI=1S/C36H70O4/c1-5-7-9-23-27-31-39-35(37)30-26-22-20-18-16-14-12-11-13-15-17-19-21-25-29-34(33(3)4)36(38)40-32-28-24-10-8-6-2/h33-34H,5-32H2,1-4H3. The van der Waals surface area contributed by atoms with Crippen molar-refractivity contribution in [3.05, 3.63) is 0 Å². The number of hydrogen-bond acceptors (Lipinski definition) is 4. The van der Waals surface area contributed by atoms with Crippen molar-refractivity contribution in [3.8, 4) is 0 Å². The van der Waals surface area contributed by atoms with Gasteiger partial charge >= 0.3 is 11.9 Å². The van der Waals surface area contributed by atoms with Gasteiger partial charge in [-0.1, -0.05) is 163 Å². The van der Waals surface area contributed by atoms with Crippen LogP contribution in [-0.4, -0.2) is 25.2 Å². The predicted molar refractivity (Wildman–Crippen MR) is 172 cm³/mol. The largest absolute Gasteiger partial charge is 0.466 e. The normalized spacial score (nSPS) is 12.1. The highest BCUT2D eigenvalue weighted by Gasteiger charge is 2.23. The molecule has 1 atom stereocenters. The lowest BCUT2D eigenvalue weighted by Crippen LogP contribution is -2.23. The number of esters is 2. The average molecular weight is 567 g/mol. The molecule has 0 aliphatic heterocycles. The third-order valence-corrected chi connectivity index (χ3v) is 8.26. The van der Waals surface area contributed by atoms with Gasteiger partial charge < -0.3 is 9.47 Å². The van der Waals surface area contributed by atoms with Crippen LogP contribution in [0.15, 0.2) is 0 Å². The van der Waals surface area contributed by atoms with Crippen molar-refractivity contribution in [2.24, 2.45) is 11.8 Å². The maximum atomic E-state index is 12.5. The minimum atomic E-state index is -0.00116. The smallest absolute Gasteiger partial charge is 0.309 e. The first-order valence-corrected chi connectivity index (χ1v) is 17.8. The number of rotatable bonds is 31. The minimum absolute atomic E-state index is 0.00116. The molecule has 238 valence electrons. The van der Waals surface area contributed by atoms with Gasteiger partial charge in [0.15, 0.2) is 0 Å². The van der Waals surface area contributed by atoms with Gasteiger partial charge in [-0.25, -0.2) is 0 Å². The van der Waals surface area contributed by atoms with Gasteiger partial charge in [0.1, 0.15) is 0 Å². The van der Waals surface area contributed by atoms with E-state index in [9.17, 15) is 9.59 Å². The summed E-state index contributed by atoms with van der Waals surface area (Å²) in [5.74, 6) is 0.473. The Bertz CT molecular complexity index is 545. The van der Waals surface area contributed by atoms with Crippen LogP contribution in [-0.2, 0) is 19.1 Å². The Hall–Kier alpha value is -1.06. The second-order valence-electron chi connectivity index (χ2n) is 12.6. The molecule has 0 rings (SSSR count). The van der Waals surface area contributed by atoms with Crippen molar-refractivity contribution in [2.45, 2.75) is 195 Å². The maximum absolute atomic E-state index is 12.5. The molecule has 0 fully saturated rings. The first kappa shape index (κ1) is 38.9. The molecular weight excluding hydrogens is 496 g/mol. The zero-order valence-corrected chi connectivity index (χ0v) is 27.6. The molecule has 0 radical (unpaired) electrons. The van der Waals surface area contributed by atoms with Gasteiger partial charge in [0.2, 0.25) is 0 Å². The van der Waals surface area contributed by atoms with Crippen LogP contribution in [0.1, 0.15) is 195 Å². The van der Waals surface area contributed by atoms with Crippen LogP contribution in [0.5, 0.6) is 0 Å². The Balaban J connectivity index is 3.45. The van der Waals surface area contributed by atoms with Crippen molar-refractivity contribution in [2.75, 3.05) is 13.2 Å². The summed E-state index contributed by atoms with van der Waals surface area (Å²) in [7, 11) is 0. The highest BCUT2D eigenvalue weighted by molar-refractivity contribution is 5.72. The maximum Gasteiger partial charge on any atom is 0.309 e. The molecule has 0 N–H and O–H groups in total. The zero-order chi connectivity index (χ0) is 29.5. The molecule has 0 heterocycles. The fourth-order valence-electron chi connectivity index (χ4n) is 5.43. The summed E-state index contributed by atoms with van der Waals surface area (Å²) >= 11 is 0. The first-order valence-electron chi connectivity index (χ1n) is 17.8. The van der Waals surface area contributed by atoms with Gasteiger partial charge in [0.05, 0.1) is 19.1 Å². The number of unbranched alkanes of at least 4 members (excludes halogenated alkanes) is 21.